The molecule has 0 heterocycles. The predicted octanol–water partition coefficient (Wildman–Crippen LogP) is 1.77. The van der Waals surface area contributed by atoms with Crippen LogP contribution in [0.4, 0.5) is 4.79 Å². The van der Waals surface area contributed by atoms with Crippen LogP contribution in [0, 0.1) is 5.92 Å². The van der Waals surface area contributed by atoms with E-state index >= 15 is 0 Å². The van der Waals surface area contributed by atoms with Crippen molar-refractivity contribution in [2.75, 3.05) is 20.8 Å². The fourth-order valence-electron chi connectivity index (χ4n) is 1.22. The number of hydrogen-bond donors (Lipinski definition) is 1. The van der Waals surface area contributed by atoms with E-state index in [2.05, 4.69) is 5.32 Å². The molecule has 1 amide bonds. The Hall–Kier alpha value is -0.810. The van der Waals surface area contributed by atoms with Gasteiger partial charge in [-0.15, -0.1) is 0 Å². The van der Waals surface area contributed by atoms with E-state index in [1.807, 2.05) is 27.7 Å². The van der Waals surface area contributed by atoms with Gasteiger partial charge >= 0.3 is 6.09 Å². The van der Waals surface area contributed by atoms with E-state index in [9.17, 15) is 4.79 Å². The minimum atomic E-state index is -0.477. The van der Waals surface area contributed by atoms with Gasteiger partial charge in [0, 0.05) is 26.7 Å². The number of hydrogen-bond acceptors (Lipinski definition) is 4. The highest BCUT2D eigenvalue weighted by Crippen LogP contribution is 2.08. The summed E-state index contributed by atoms with van der Waals surface area (Å²) in [5, 5.41) is 2.67. The van der Waals surface area contributed by atoms with Crippen molar-refractivity contribution in [3.63, 3.8) is 0 Å². The first kappa shape index (κ1) is 15.2. The summed E-state index contributed by atoms with van der Waals surface area (Å²) >= 11 is 0. The van der Waals surface area contributed by atoms with Crippen LogP contribution in [0.3, 0.4) is 0 Å². The van der Waals surface area contributed by atoms with Gasteiger partial charge in [0.05, 0.1) is 0 Å². The van der Waals surface area contributed by atoms with Gasteiger partial charge in [-0.3, -0.25) is 0 Å². The molecule has 0 aromatic carbocycles. The van der Waals surface area contributed by atoms with Crippen molar-refractivity contribution in [2.45, 2.75) is 39.6 Å². The van der Waals surface area contributed by atoms with Gasteiger partial charge in [-0.05, 0) is 20.8 Å². The Labute approximate surface area is 97.4 Å². The molecule has 0 radical (unpaired) electrons. The van der Waals surface area contributed by atoms with Crippen LogP contribution in [0.5, 0.6) is 0 Å². The number of methoxy groups -OCH3 is 2. The number of carbonyl (C=O) groups excluding carboxylic acids is 1. The number of amides is 1. The smallest absolute Gasteiger partial charge is 0.407 e. The normalized spacial score (nSPS) is 13.7. The van der Waals surface area contributed by atoms with Gasteiger partial charge in [-0.25, -0.2) is 4.79 Å². The van der Waals surface area contributed by atoms with Crippen molar-refractivity contribution in [3.8, 4) is 0 Å². The van der Waals surface area contributed by atoms with Crippen LogP contribution < -0.4 is 5.32 Å². The molecule has 0 unspecified atom stereocenters. The second-order valence-corrected chi connectivity index (χ2v) is 4.70. The molecule has 0 aliphatic carbocycles. The topological polar surface area (TPSA) is 56.8 Å². The van der Waals surface area contributed by atoms with Crippen molar-refractivity contribution in [1.82, 2.24) is 5.32 Å². The third kappa shape index (κ3) is 6.63. The largest absolute Gasteiger partial charge is 0.444 e. The van der Waals surface area contributed by atoms with Crippen LogP contribution in [-0.4, -0.2) is 38.7 Å². The van der Waals surface area contributed by atoms with E-state index < -0.39 is 11.7 Å². The van der Waals surface area contributed by atoms with Gasteiger partial charge in [0.25, 0.3) is 0 Å². The van der Waals surface area contributed by atoms with Crippen molar-refractivity contribution in [2.24, 2.45) is 5.92 Å². The molecule has 5 heteroatoms. The second-order valence-electron chi connectivity index (χ2n) is 4.70. The lowest BCUT2D eigenvalue weighted by Crippen LogP contribution is -2.38. The van der Waals surface area contributed by atoms with E-state index in [1.54, 1.807) is 14.2 Å². The van der Waals surface area contributed by atoms with Crippen LogP contribution >= 0.6 is 0 Å². The minimum Gasteiger partial charge on any atom is -0.444 e. The van der Waals surface area contributed by atoms with Gasteiger partial charge < -0.3 is 19.5 Å². The Morgan fingerprint density at radius 3 is 2.12 bits per heavy atom. The lowest BCUT2D eigenvalue weighted by atomic mass is 10.2. The van der Waals surface area contributed by atoms with E-state index in [4.69, 9.17) is 14.2 Å². The van der Waals surface area contributed by atoms with Crippen molar-refractivity contribution >= 4 is 6.09 Å². The Morgan fingerprint density at radius 1 is 1.25 bits per heavy atom. The summed E-state index contributed by atoms with van der Waals surface area (Å²) in [5.41, 5.74) is -0.477. The number of alkyl carbamates (subject to hydrolysis) is 1. The number of nitrogens with one attached hydrogen (secondary N) is 1. The molecule has 0 aromatic heterocycles. The summed E-state index contributed by atoms with van der Waals surface area (Å²) in [6.45, 7) is 7.84. The third-order valence-electron chi connectivity index (χ3n) is 1.90. The number of carbonyl (C=O) groups is 1. The molecule has 16 heavy (non-hydrogen) atoms. The Kier molecular flexibility index (Phi) is 6.36. The Balaban J connectivity index is 3.92. The first-order valence-electron chi connectivity index (χ1n) is 5.32. The average Bonchev–Trinajstić information content (AvgIpc) is 2.14. The molecular weight excluding hydrogens is 210 g/mol. The lowest BCUT2D eigenvalue weighted by molar-refractivity contribution is -0.131. The van der Waals surface area contributed by atoms with E-state index in [0.29, 0.717) is 6.54 Å². The minimum absolute atomic E-state index is 0.0579. The summed E-state index contributed by atoms with van der Waals surface area (Å²) in [7, 11) is 3.14. The van der Waals surface area contributed by atoms with Gasteiger partial charge in [0.1, 0.15) is 5.60 Å². The maximum atomic E-state index is 11.3. The van der Waals surface area contributed by atoms with Gasteiger partial charge in [0.15, 0.2) is 6.29 Å². The molecule has 5 nitrogen and oxygen atoms in total. The van der Waals surface area contributed by atoms with Crippen LogP contribution in [-0.2, 0) is 14.2 Å². The monoisotopic (exact) mass is 233 g/mol. The van der Waals surface area contributed by atoms with E-state index in [1.165, 1.54) is 0 Å². The standard InChI is InChI=1S/C11H23NO4/c1-8(9(14-5)15-6)7-12-10(13)16-11(2,3)4/h8-9H,7H2,1-6H3,(H,12,13)/t8-/m1/s1. The SMILES string of the molecule is COC(OC)[C@H](C)CNC(=O)OC(C)(C)C. The molecule has 0 aromatic rings. The molecular formula is C11H23NO4. The summed E-state index contributed by atoms with van der Waals surface area (Å²) in [6, 6.07) is 0. The number of rotatable bonds is 5. The summed E-state index contributed by atoms with van der Waals surface area (Å²) in [4.78, 5) is 11.3. The molecule has 0 bridgehead atoms. The highest BCUT2D eigenvalue weighted by atomic mass is 16.7. The molecule has 96 valence electrons. The maximum Gasteiger partial charge on any atom is 0.407 e. The maximum absolute atomic E-state index is 11.3. The van der Waals surface area contributed by atoms with E-state index in [-0.39, 0.29) is 12.2 Å². The molecule has 0 aliphatic rings. The summed E-state index contributed by atoms with van der Waals surface area (Å²) in [6.07, 6.45) is -0.750. The highest BCUT2D eigenvalue weighted by Gasteiger charge is 2.19. The Morgan fingerprint density at radius 2 is 1.75 bits per heavy atom. The molecule has 1 atom stereocenters. The number of ether oxygens (including phenoxy) is 3. The molecule has 0 fully saturated rings. The van der Waals surface area contributed by atoms with Crippen LogP contribution in [0.2, 0.25) is 0 Å². The third-order valence-corrected chi connectivity index (χ3v) is 1.90. The zero-order valence-electron chi connectivity index (χ0n) is 11.0. The summed E-state index contributed by atoms with van der Waals surface area (Å²) in [5.74, 6) is 0.0579. The van der Waals surface area contributed by atoms with Crippen molar-refractivity contribution in [3.05, 3.63) is 0 Å². The summed E-state index contributed by atoms with van der Waals surface area (Å²) < 4.78 is 15.3. The fraction of sp³-hybridized carbons (Fsp3) is 0.909. The molecule has 0 aliphatic heterocycles. The highest BCUT2D eigenvalue weighted by molar-refractivity contribution is 5.67. The van der Waals surface area contributed by atoms with Crippen LogP contribution in [0.25, 0.3) is 0 Å². The first-order valence-corrected chi connectivity index (χ1v) is 5.32. The van der Waals surface area contributed by atoms with Gasteiger partial charge in [0.2, 0.25) is 0 Å². The zero-order chi connectivity index (χ0) is 12.8. The molecule has 0 spiro atoms. The Bertz CT molecular complexity index is 209. The lowest BCUT2D eigenvalue weighted by Gasteiger charge is -2.23. The zero-order valence-corrected chi connectivity index (χ0v) is 11.0. The second kappa shape index (κ2) is 6.70. The van der Waals surface area contributed by atoms with Gasteiger partial charge in [-0.1, -0.05) is 6.92 Å². The van der Waals surface area contributed by atoms with Crippen molar-refractivity contribution < 1.29 is 19.0 Å². The fourth-order valence-corrected chi connectivity index (χ4v) is 1.22. The van der Waals surface area contributed by atoms with Gasteiger partial charge in [-0.2, -0.15) is 0 Å². The molecule has 0 saturated carbocycles. The molecule has 0 rings (SSSR count). The molecule has 1 N–H and O–H groups in total. The van der Waals surface area contributed by atoms with Crippen molar-refractivity contribution in [1.29, 1.82) is 0 Å². The first-order chi connectivity index (χ1) is 7.30. The average molecular weight is 233 g/mol. The molecule has 0 saturated heterocycles. The van der Waals surface area contributed by atoms with E-state index in [0.717, 1.165) is 0 Å². The van der Waals surface area contributed by atoms with Crippen LogP contribution in [0.15, 0.2) is 0 Å². The quantitative estimate of drug-likeness (QED) is 0.735. The van der Waals surface area contributed by atoms with Crippen LogP contribution in [0.1, 0.15) is 27.7 Å². The predicted molar refractivity (Wildman–Crippen MR) is 61.2 cm³/mol.